The zero-order chi connectivity index (χ0) is 13.1. The molecule has 0 heterocycles. The number of phenolic OH excluding ortho intramolecular Hbond substituents is 1. The first-order valence-electron chi connectivity index (χ1n) is 5.54. The highest BCUT2D eigenvalue weighted by molar-refractivity contribution is 6.39. The molecule has 0 aromatic heterocycles. The maximum absolute atomic E-state index is 10.3. The van der Waals surface area contributed by atoms with Crippen molar-refractivity contribution in [1.29, 1.82) is 0 Å². The van der Waals surface area contributed by atoms with Crippen LogP contribution in [-0.4, -0.2) is 5.11 Å². The molecule has 0 fully saturated rings. The summed E-state index contributed by atoms with van der Waals surface area (Å²) in [5.74, 6) is 0.186. The Kier molecular flexibility index (Phi) is 3.95. The molecule has 0 aliphatic carbocycles. The lowest BCUT2D eigenvalue weighted by molar-refractivity contribution is 0.476. The summed E-state index contributed by atoms with van der Waals surface area (Å²) in [6.45, 7) is 1.90. The Hall–Kier alpha value is -1.44. The molecule has 0 unspecified atom stereocenters. The zero-order valence-corrected chi connectivity index (χ0v) is 11.3. The van der Waals surface area contributed by atoms with Crippen LogP contribution in [0.4, 0.5) is 0 Å². The standard InChI is InChI=1S/C15H12Cl2O/c1-2-5-10-6-3-7-11(15(10)18)14-12(16)8-4-9-13(14)17/h2-9,18H,1H3. The number of phenols is 1. The Labute approximate surface area is 116 Å². The monoisotopic (exact) mass is 278 g/mol. The molecule has 0 saturated heterocycles. The van der Waals surface area contributed by atoms with Crippen molar-refractivity contribution in [2.75, 3.05) is 0 Å². The molecule has 0 saturated carbocycles. The van der Waals surface area contributed by atoms with Crippen LogP contribution >= 0.6 is 23.2 Å². The van der Waals surface area contributed by atoms with Crippen molar-refractivity contribution in [2.45, 2.75) is 6.92 Å². The fourth-order valence-electron chi connectivity index (χ4n) is 1.83. The minimum atomic E-state index is 0.186. The molecule has 0 atom stereocenters. The molecule has 0 aliphatic heterocycles. The van der Waals surface area contributed by atoms with Gasteiger partial charge in [-0.05, 0) is 19.1 Å². The van der Waals surface area contributed by atoms with Gasteiger partial charge in [-0.25, -0.2) is 0 Å². The summed E-state index contributed by atoms with van der Waals surface area (Å²) in [4.78, 5) is 0. The van der Waals surface area contributed by atoms with Gasteiger partial charge in [-0.3, -0.25) is 0 Å². The average molecular weight is 279 g/mol. The first-order valence-corrected chi connectivity index (χ1v) is 6.29. The summed E-state index contributed by atoms with van der Waals surface area (Å²) in [6.07, 6.45) is 3.70. The third-order valence-corrected chi connectivity index (χ3v) is 3.28. The number of allylic oxidation sites excluding steroid dienone is 1. The molecule has 1 N–H and O–H groups in total. The normalized spacial score (nSPS) is 11.1. The molecule has 1 nitrogen and oxygen atoms in total. The predicted molar refractivity (Wildman–Crippen MR) is 78.3 cm³/mol. The lowest BCUT2D eigenvalue weighted by Crippen LogP contribution is -1.85. The highest BCUT2D eigenvalue weighted by Gasteiger charge is 2.13. The zero-order valence-electron chi connectivity index (χ0n) is 9.82. The number of benzene rings is 2. The van der Waals surface area contributed by atoms with Crippen LogP contribution in [0, 0.1) is 0 Å². The summed E-state index contributed by atoms with van der Waals surface area (Å²) in [5, 5.41) is 11.3. The van der Waals surface area contributed by atoms with Crippen LogP contribution in [0.25, 0.3) is 17.2 Å². The Balaban J connectivity index is 2.68. The van der Waals surface area contributed by atoms with Crippen molar-refractivity contribution in [1.82, 2.24) is 0 Å². The Morgan fingerprint density at radius 3 is 2.22 bits per heavy atom. The quantitative estimate of drug-likeness (QED) is 0.780. The number of hydrogen-bond donors (Lipinski definition) is 1. The molecule has 2 aromatic rings. The van der Waals surface area contributed by atoms with E-state index in [0.717, 1.165) is 5.56 Å². The molecule has 0 aliphatic rings. The fourth-order valence-corrected chi connectivity index (χ4v) is 2.43. The average Bonchev–Trinajstić information content (AvgIpc) is 2.33. The highest BCUT2D eigenvalue weighted by atomic mass is 35.5. The van der Waals surface area contributed by atoms with E-state index in [-0.39, 0.29) is 5.75 Å². The molecule has 18 heavy (non-hydrogen) atoms. The van der Waals surface area contributed by atoms with Crippen LogP contribution in [0.15, 0.2) is 42.5 Å². The van der Waals surface area contributed by atoms with Gasteiger partial charge in [0, 0.05) is 16.7 Å². The van der Waals surface area contributed by atoms with Crippen LogP contribution in [0.5, 0.6) is 5.75 Å². The van der Waals surface area contributed by atoms with Gasteiger partial charge in [0.05, 0.1) is 10.0 Å². The van der Waals surface area contributed by atoms with Crippen LogP contribution in [0.1, 0.15) is 12.5 Å². The second kappa shape index (κ2) is 5.47. The fraction of sp³-hybridized carbons (Fsp3) is 0.0667. The molecule has 3 heteroatoms. The summed E-state index contributed by atoms with van der Waals surface area (Å²) in [6, 6.07) is 10.8. The van der Waals surface area contributed by atoms with Gasteiger partial charge < -0.3 is 5.11 Å². The SMILES string of the molecule is CC=Cc1cccc(-c2c(Cl)cccc2Cl)c1O. The van der Waals surface area contributed by atoms with Crippen molar-refractivity contribution in [3.63, 3.8) is 0 Å². The number of para-hydroxylation sites is 1. The Morgan fingerprint density at radius 1 is 1.00 bits per heavy atom. The van der Waals surface area contributed by atoms with E-state index in [1.807, 2.05) is 31.2 Å². The molecule has 0 amide bonds. The van der Waals surface area contributed by atoms with Gasteiger partial charge in [0.15, 0.2) is 0 Å². The lowest BCUT2D eigenvalue weighted by Gasteiger charge is -2.10. The van der Waals surface area contributed by atoms with Gasteiger partial charge in [-0.2, -0.15) is 0 Å². The summed E-state index contributed by atoms with van der Waals surface area (Å²) < 4.78 is 0. The molecule has 92 valence electrons. The summed E-state index contributed by atoms with van der Waals surface area (Å²) in [7, 11) is 0. The molecule has 0 spiro atoms. The van der Waals surface area contributed by atoms with E-state index in [9.17, 15) is 5.11 Å². The smallest absolute Gasteiger partial charge is 0.130 e. The number of hydrogen-bond acceptors (Lipinski definition) is 1. The van der Waals surface area contributed by atoms with Crippen LogP contribution < -0.4 is 0 Å². The van der Waals surface area contributed by atoms with Crippen molar-refractivity contribution in [3.05, 3.63) is 58.1 Å². The van der Waals surface area contributed by atoms with Gasteiger partial charge in [0.1, 0.15) is 5.75 Å². The van der Waals surface area contributed by atoms with Gasteiger partial charge >= 0.3 is 0 Å². The summed E-state index contributed by atoms with van der Waals surface area (Å²) >= 11 is 12.3. The first kappa shape index (κ1) is 13.0. The topological polar surface area (TPSA) is 20.2 Å². The van der Waals surface area contributed by atoms with Crippen molar-refractivity contribution < 1.29 is 5.11 Å². The van der Waals surface area contributed by atoms with E-state index in [0.29, 0.717) is 21.2 Å². The van der Waals surface area contributed by atoms with Gasteiger partial charge in [-0.15, -0.1) is 0 Å². The molecule has 0 radical (unpaired) electrons. The van der Waals surface area contributed by atoms with E-state index in [2.05, 4.69) is 0 Å². The van der Waals surface area contributed by atoms with E-state index >= 15 is 0 Å². The van der Waals surface area contributed by atoms with Crippen molar-refractivity contribution in [2.24, 2.45) is 0 Å². The molecule has 2 rings (SSSR count). The van der Waals surface area contributed by atoms with Gasteiger partial charge in [0.25, 0.3) is 0 Å². The first-order chi connectivity index (χ1) is 8.65. The van der Waals surface area contributed by atoms with Crippen molar-refractivity contribution >= 4 is 29.3 Å². The Bertz CT molecular complexity index is 583. The van der Waals surface area contributed by atoms with E-state index in [1.54, 1.807) is 24.3 Å². The second-order valence-corrected chi connectivity index (χ2v) is 4.65. The number of rotatable bonds is 2. The minimum absolute atomic E-state index is 0.186. The van der Waals surface area contributed by atoms with Gasteiger partial charge in [0.2, 0.25) is 0 Å². The number of halogens is 2. The second-order valence-electron chi connectivity index (χ2n) is 3.84. The summed E-state index contributed by atoms with van der Waals surface area (Å²) in [5.41, 5.74) is 2.04. The van der Waals surface area contributed by atoms with Crippen molar-refractivity contribution in [3.8, 4) is 16.9 Å². The minimum Gasteiger partial charge on any atom is -0.507 e. The maximum Gasteiger partial charge on any atom is 0.130 e. The van der Waals surface area contributed by atoms with E-state index in [4.69, 9.17) is 23.2 Å². The maximum atomic E-state index is 10.3. The van der Waals surface area contributed by atoms with Crippen LogP contribution in [-0.2, 0) is 0 Å². The van der Waals surface area contributed by atoms with E-state index < -0.39 is 0 Å². The molecular formula is C15H12Cl2O. The molecule has 2 aromatic carbocycles. The predicted octanol–water partition coefficient (Wildman–Crippen LogP) is 5.40. The third-order valence-electron chi connectivity index (χ3n) is 2.65. The highest BCUT2D eigenvalue weighted by Crippen LogP contribution is 2.40. The van der Waals surface area contributed by atoms with E-state index in [1.165, 1.54) is 0 Å². The third kappa shape index (κ3) is 2.38. The van der Waals surface area contributed by atoms with Crippen LogP contribution in [0.3, 0.4) is 0 Å². The number of aromatic hydroxyl groups is 1. The lowest BCUT2D eigenvalue weighted by atomic mass is 10.0. The molecular weight excluding hydrogens is 267 g/mol. The van der Waals surface area contributed by atoms with Gasteiger partial charge in [-0.1, -0.05) is 59.6 Å². The van der Waals surface area contributed by atoms with Crippen LogP contribution in [0.2, 0.25) is 10.0 Å². The molecule has 0 bridgehead atoms. The largest absolute Gasteiger partial charge is 0.507 e. The Morgan fingerprint density at radius 2 is 1.61 bits per heavy atom.